The van der Waals surface area contributed by atoms with Gasteiger partial charge in [-0.05, 0) is 17.7 Å². The number of amides is 2. The summed E-state index contributed by atoms with van der Waals surface area (Å²) >= 11 is 0. The second kappa shape index (κ2) is 6.96. The quantitative estimate of drug-likeness (QED) is 0.716. The summed E-state index contributed by atoms with van der Waals surface area (Å²) in [6.45, 7) is -0.238. The van der Waals surface area contributed by atoms with Gasteiger partial charge >= 0.3 is 0 Å². The van der Waals surface area contributed by atoms with E-state index in [0.717, 1.165) is 0 Å². The number of carbonyl (C=O) groups excluding carboxylic acids is 2. The fourth-order valence-corrected chi connectivity index (χ4v) is 2.59. The molecule has 0 unspecified atom stereocenters. The van der Waals surface area contributed by atoms with E-state index < -0.39 is 23.4 Å². The fraction of sp³-hybridized carbons (Fsp3) is 0.111. The van der Waals surface area contributed by atoms with E-state index in [-0.39, 0.29) is 6.54 Å². The van der Waals surface area contributed by atoms with E-state index >= 15 is 0 Å². The molecule has 7 nitrogen and oxygen atoms in total. The van der Waals surface area contributed by atoms with Crippen molar-refractivity contribution in [2.45, 2.75) is 12.6 Å². The molecule has 1 aromatic heterocycles. The average Bonchev–Trinajstić information content (AvgIpc) is 2.62. The van der Waals surface area contributed by atoms with E-state index in [2.05, 4.69) is 10.3 Å². The minimum atomic E-state index is -0.961. The van der Waals surface area contributed by atoms with Gasteiger partial charge in [0.2, 0.25) is 11.8 Å². The number of hydrogen-bond donors (Lipinski definition) is 2. The molecule has 0 saturated carbocycles. The lowest BCUT2D eigenvalue weighted by Crippen LogP contribution is -2.40. The maximum Gasteiger partial charge on any atom is 0.269 e. The van der Waals surface area contributed by atoms with Gasteiger partial charge < -0.3 is 11.1 Å². The first-order valence-corrected chi connectivity index (χ1v) is 7.64. The Labute approximate surface area is 143 Å². The fourth-order valence-electron chi connectivity index (χ4n) is 2.59. The molecule has 2 amide bonds. The van der Waals surface area contributed by atoms with Crippen molar-refractivity contribution in [1.29, 1.82) is 0 Å². The van der Waals surface area contributed by atoms with Gasteiger partial charge in [0.05, 0.1) is 17.2 Å². The molecule has 2 aromatic carbocycles. The predicted octanol–water partition coefficient (Wildman–Crippen LogP) is 0.739. The molecule has 1 atom stereocenters. The van der Waals surface area contributed by atoms with Crippen LogP contribution in [0.1, 0.15) is 11.6 Å². The summed E-state index contributed by atoms with van der Waals surface area (Å²) in [7, 11) is 0. The number of benzene rings is 2. The number of fused-ring (bicyclic) bond motifs is 1. The molecular formula is C18H16N4O3. The minimum absolute atomic E-state index is 0.238. The van der Waals surface area contributed by atoms with Gasteiger partial charge in [-0.25, -0.2) is 4.98 Å². The summed E-state index contributed by atoms with van der Waals surface area (Å²) in [5, 5.41) is 2.58. The third-order valence-electron chi connectivity index (χ3n) is 3.78. The molecule has 0 saturated heterocycles. The molecule has 0 aliphatic rings. The van der Waals surface area contributed by atoms with Crippen LogP contribution in [0.2, 0.25) is 0 Å². The lowest BCUT2D eigenvalue weighted by atomic mass is 10.1. The van der Waals surface area contributed by atoms with Crippen LogP contribution >= 0.6 is 0 Å². The number of para-hydroxylation sites is 2. The smallest absolute Gasteiger partial charge is 0.269 e. The van der Waals surface area contributed by atoms with Crippen LogP contribution in [0.25, 0.3) is 11.0 Å². The summed E-state index contributed by atoms with van der Waals surface area (Å²) in [4.78, 5) is 40.2. The number of primary amides is 1. The molecular weight excluding hydrogens is 320 g/mol. The van der Waals surface area contributed by atoms with E-state index in [1.165, 1.54) is 10.8 Å². The molecule has 0 bridgehead atoms. The third-order valence-corrected chi connectivity index (χ3v) is 3.78. The minimum Gasteiger partial charge on any atom is -0.368 e. The Morgan fingerprint density at radius 3 is 2.48 bits per heavy atom. The summed E-state index contributed by atoms with van der Waals surface area (Å²) in [5.74, 6) is -1.17. The van der Waals surface area contributed by atoms with Crippen LogP contribution in [0.5, 0.6) is 0 Å². The van der Waals surface area contributed by atoms with Crippen molar-refractivity contribution in [2.75, 3.05) is 0 Å². The van der Waals surface area contributed by atoms with Crippen LogP contribution in [0.3, 0.4) is 0 Å². The lowest BCUT2D eigenvalue weighted by molar-refractivity contribution is -0.127. The van der Waals surface area contributed by atoms with E-state index in [9.17, 15) is 14.4 Å². The SMILES string of the molecule is NC(=O)[C@H](NC(=O)Cn1c(=O)cnc2ccccc21)c1ccccc1. The van der Waals surface area contributed by atoms with Gasteiger partial charge in [-0.1, -0.05) is 42.5 Å². The van der Waals surface area contributed by atoms with E-state index in [1.807, 2.05) is 0 Å². The molecule has 0 radical (unpaired) electrons. The molecule has 3 N–H and O–H groups in total. The molecule has 25 heavy (non-hydrogen) atoms. The monoisotopic (exact) mass is 336 g/mol. The van der Waals surface area contributed by atoms with Crippen molar-refractivity contribution in [3.63, 3.8) is 0 Å². The number of rotatable bonds is 5. The zero-order valence-corrected chi connectivity index (χ0v) is 13.3. The number of nitrogens with one attached hydrogen (secondary N) is 1. The number of nitrogens with two attached hydrogens (primary N) is 1. The Bertz CT molecular complexity index is 982. The van der Waals surface area contributed by atoms with Crippen LogP contribution in [0, 0.1) is 0 Å². The van der Waals surface area contributed by atoms with Crippen LogP contribution in [-0.2, 0) is 16.1 Å². The molecule has 126 valence electrons. The summed E-state index contributed by atoms with van der Waals surface area (Å²) in [6, 6.07) is 14.7. The molecule has 0 spiro atoms. The van der Waals surface area contributed by atoms with Gasteiger partial charge in [-0.2, -0.15) is 0 Å². The lowest BCUT2D eigenvalue weighted by Gasteiger charge is -2.17. The molecule has 0 fully saturated rings. The Kier molecular flexibility index (Phi) is 4.56. The van der Waals surface area contributed by atoms with Crippen LogP contribution in [0.15, 0.2) is 65.6 Å². The Morgan fingerprint density at radius 2 is 1.76 bits per heavy atom. The standard InChI is InChI=1S/C18H16N4O3/c19-18(25)17(12-6-2-1-3-7-12)21-15(23)11-22-14-9-5-4-8-13(14)20-10-16(22)24/h1-10,17H,11H2,(H2,19,25)(H,21,23)/t17-/m1/s1. The topological polar surface area (TPSA) is 107 Å². The number of aromatic nitrogens is 2. The van der Waals surface area contributed by atoms with E-state index in [1.54, 1.807) is 54.6 Å². The second-order valence-corrected chi connectivity index (χ2v) is 5.48. The molecule has 1 heterocycles. The Morgan fingerprint density at radius 1 is 1.08 bits per heavy atom. The number of hydrogen-bond acceptors (Lipinski definition) is 4. The Balaban J connectivity index is 1.86. The normalized spacial score (nSPS) is 11.8. The average molecular weight is 336 g/mol. The van der Waals surface area contributed by atoms with Crippen molar-refractivity contribution in [1.82, 2.24) is 14.9 Å². The highest BCUT2D eigenvalue weighted by molar-refractivity contribution is 5.88. The molecule has 0 aliphatic carbocycles. The van der Waals surface area contributed by atoms with Crippen molar-refractivity contribution in [2.24, 2.45) is 5.73 Å². The number of carbonyl (C=O) groups is 2. The van der Waals surface area contributed by atoms with Crippen molar-refractivity contribution >= 4 is 22.8 Å². The first kappa shape index (κ1) is 16.4. The predicted molar refractivity (Wildman–Crippen MR) is 92.5 cm³/mol. The zero-order valence-electron chi connectivity index (χ0n) is 13.3. The molecule has 3 aromatic rings. The summed E-state index contributed by atoms with van der Waals surface area (Å²) < 4.78 is 1.31. The number of nitrogens with zero attached hydrogens (tertiary/aromatic N) is 2. The van der Waals surface area contributed by atoms with Gasteiger partial charge in [0.25, 0.3) is 5.56 Å². The highest BCUT2D eigenvalue weighted by atomic mass is 16.2. The molecule has 7 heteroatoms. The summed E-state index contributed by atoms with van der Waals surface area (Å²) in [6.07, 6.45) is 1.17. The van der Waals surface area contributed by atoms with Crippen LogP contribution in [-0.4, -0.2) is 21.4 Å². The third kappa shape index (κ3) is 3.55. The first-order valence-electron chi connectivity index (χ1n) is 7.64. The van der Waals surface area contributed by atoms with Gasteiger partial charge in [0, 0.05) is 0 Å². The molecule has 0 aliphatic heterocycles. The van der Waals surface area contributed by atoms with E-state index in [0.29, 0.717) is 16.6 Å². The highest BCUT2D eigenvalue weighted by Crippen LogP contribution is 2.12. The molecule has 3 rings (SSSR count). The zero-order chi connectivity index (χ0) is 17.8. The van der Waals surface area contributed by atoms with E-state index in [4.69, 9.17) is 5.73 Å². The summed E-state index contributed by atoms with van der Waals surface area (Å²) in [5.41, 5.74) is 6.72. The first-order chi connectivity index (χ1) is 12.1. The van der Waals surface area contributed by atoms with Gasteiger partial charge in [-0.15, -0.1) is 0 Å². The van der Waals surface area contributed by atoms with Gasteiger partial charge in [0.15, 0.2) is 0 Å². The van der Waals surface area contributed by atoms with Crippen LogP contribution < -0.4 is 16.6 Å². The maximum atomic E-state index is 12.4. The van der Waals surface area contributed by atoms with Crippen molar-refractivity contribution < 1.29 is 9.59 Å². The van der Waals surface area contributed by atoms with Gasteiger partial charge in [0.1, 0.15) is 12.6 Å². The van der Waals surface area contributed by atoms with Crippen molar-refractivity contribution in [3.05, 3.63) is 76.7 Å². The van der Waals surface area contributed by atoms with Gasteiger partial charge in [-0.3, -0.25) is 19.0 Å². The van der Waals surface area contributed by atoms with Crippen molar-refractivity contribution in [3.8, 4) is 0 Å². The largest absolute Gasteiger partial charge is 0.368 e. The maximum absolute atomic E-state index is 12.4. The second-order valence-electron chi connectivity index (χ2n) is 5.48. The Hall–Kier alpha value is -3.48. The van der Waals surface area contributed by atoms with Crippen LogP contribution in [0.4, 0.5) is 0 Å². The highest BCUT2D eigenvalue weighted by Gasteiger charge is 2.20.